The maximum absolute atomic E-state index is 12.9. The topological polar surface area (TPSA) is 108 Å². The molecule has 0 bridgehead atoms. The van der Waals surface area contributed by atoms with Gasteiger partial charge in [-0.05, 0) is 54.6 Å². The fourth-order valence-electron chi connectivity index (χ4n) is 2.84. The highest BCUT2D eigenvalue weighted by molar-refractivity contribution is 6.06. The van der Waals surface area contributed by atoms with Crippen molar-refractivity contribution in [3.05, 3.63) is 77.4 Å². The molecule has 0 fully saturated rings. The average molecular weight is 390 g/mol. The highest BCUT2D eigenvalue weighted by Gasteiger charge is 2.15. The molecule has 9 heteroatoms. The summed E-state index contributed by atoms with van der Waals surface area (Å²) in [6.45, 7) is 3.95. The van der Waals surface area contributed by atoms with Gasteiger partial charge in [0.1, 0.15) is 24.4 Å². The normalized spacial score (nSPS) is 10.7. The molecule has 9 nitrogen and oxygen atoms in total. The summed E-state index contributed by atoms with van der Waals surface area (Å²) in [6, 6.07) is 14.3. The first-order valence-electron chi connectivity index (χ1n) is 8.90. The van der Waals surface area contributed by atoms with Crippen LogP contribution in [0.2, 0.25) is 0 Å². The molecule has 0 saturated carbocycles. The number of tetrazole rings is 1. The number of hydrogen-bond acceptors (Lipinski definition) is 7. The average Bonchev–Trinajstić information content (AvgIpc) is 3.38. The number of rotatable bonds is 6. The smallest absolute Gasteiger partial charge is 0.259 e. The number of para-hydroxylation sites is 1. The lowest BCUT2D eigenvalue weighted by atomic mass is 10.1. The van der Waals surface area contributed by atoms with Gasteiger partial charge in [0.15, 0.2) is 0 Å². The van der Waals surface area contributed by atoms with Gasteiger partial charge < -0.3 is 14.6 Å². The van der Waals surface area contributed by atoms with Gasteiger partial charge in [0.2, 0.25) is 0 Å². The molecule has 1 N–H and O–H groups in total. The fourth-order valence-corrected chi connectivity index (χ4v) is 2.84. The maximum Gasteiger partial charge on any atom is 0.259 e. The minimum absolute atomic E-state index is 0.264. The first-order valence-corrected chi connectivity index (χ1v) is 8.90. The Morgan fingerprint density at radius 1 is 1.17 bits per heavy atom. The van der Waals surface area contributed by atoms with Crippen LogP contribution in [0, 0.1) is 13.8 Å². The van der Waals surface area contributed by atoms with E-state index < -0.39 is 0 Å². The molecule has 146 valence electrons. The molecule has 2 aromatic heterocycles. The van der Waals surface area contributed by atoms with Gasteiger partial charge in [-0.2, -0.15) is 0 Å². The summed E-state index contributed by atoms with van der Waals surface area (Å²) in [5, 5.41) is 17.9. The van der Waals surface area contributed by atoms with Gasteiger partial charge in [0.05, 0.1) is 22.5 Å². The second kappa shape index (κ2) is 7.93. The van der Waals surface area contributed by atoms with E-state index >= 15 is 0 Å². The Kier molecular flexibility index (Phi) is 5.02. The number of nitrogens with one attached hydrogen (secondary N) is 1. The van der Waals surface area contributed by atoms with Crippen molar-refractivity contribution in [3.63, 3.8) is 0 Å². The molecular formula is C20H18N6O3. The Bertz CT molecular complexity index is 1120. The number of amides is 1. The quantitative estimate of drug-likeness (QED) is 0.539. The van der Waals surface area contributed by atoms with E-state index in [1.807, 2.05) is 32.0 Å². The van der Waals surface area contributed by atoms with E-state index in [1.54, 1.807) is 30.3 Å². The fraction of sp³-hybridized carbons (Fsp3) is 0.150. The molecule has 1 amide bonds. The molecule has 0 radical (unpaired) electrons. The molecule has 0 aliphatic rings. The predicted molar refractivity (Wildman–Crippen MR) is 104 cm³/mol. The zero-order valence-corrected chi connectivity index (χ0v) is 15.9. The van der Waals surface area contributed by atoms with E-state index in [9.17, 15) is 4.79 Å². The highest BCUT2D eigenvalue weighted by Crippen LogP contribution is 2.23. The number of benzene rings is 2. The summed E-state index contributed by atoms with van der Waals surface area (Å²) in [7, 11) is 0. The minimum atomic E-state index is -0.284. The van der Waals surface area contributed by atoms with Crippen molar-refractivity contribution in [2.24, 2.45) is 0 Å². The van der Waals surface area contributed by atoms with E-state index in [4.69, 9.17) is 9.26 Å². The number of ether oxygens (including phenoxy) is 1. The zero-order chi connectivity index (χ0) is 20.2. The minimum Gasteiger partial charge on any atom is -0.488 e. The van der Waals surface area contributed by atoms with Gasteiger partial charge in [0.25, 0.3) is 5.91 Å². The molecule has 0 aliphatic carbocycles. The third-order valence-electron chi connectivity index (χ3n) is 4.40. The third-order valence-corrected chi connectivity index (χ3v) is 4.40. The van der Waals surface area contributed by atoms with Crippen molar-refractivity contribution >= 4 is 11.6 Å². The monoisotopic (exact) mass is 390 g/mol. The van der Waals surface area contributed by atoms with E-state index in [0.29, 0.717) is 22.8 Å². The van der Waals surface area contributed by atoms with Crippen LogP contribution in [0.3, 0.4) is 0 Å². The van der Waals surface area contributed by atoms with E-state index in [2.05, 4.69) is 26.0 Å². The second-order valence-electron chi connectivity index (χ2n) is 6.35. The molecular weight excluding hydrogens is 372 g/mol. The Morgan fingerprint density at radius 3 is 2.79 bits per heavy atom. The number of carbonyl (C=O) groups excluding carboxylic acids is 1. The first kappa shape index (κ1) is 18.4. The molecule has 4 rings (SSSR count). The number of anilines is 1. The molecule has 29 heavy (non-hydrogen) atoms. The van der Waals surface area contributed by atoms with Crippen LogP contribution in [0.5, 0.6) is 5.75 Å². The highest BCUT2D eigenvalue weighted by atomic mass is 16.5. The Morgan fingerprint density at radius 2 is 2.03 bits per heavy atom. The van der Waals surface area contributed by atoms with Gasteiger partial charge >= 0.3 is 0 Å². The number of aryl methyl sites for hydroxylation is 2. The van der Waals surface area contributed by atoms with Crippen molar-refractivity contribution in [1.82, 2.24) is 25.4 Å². The standard InChI is InChI=1S/C20H18N6O3/c1-13-18(14(2)29-23-13)11-28-19-9-4-3-8-17(19)20(27)22-15-6-5-7-16(10-15)26-12-21-24-25-26/h3-10,12H,11H2,1-2H3,(H,22,27). The predicted octanol–water partition coefficient (Wildman–Crippen LogP) is 3.10. The lowest BCUT2D eigenvalue weighted by Gasteiger charge is -2.12. The summed E-state index contributed by atoms with van der Waals surface area (Å²) >= 11 is 0. The lowest BCUT2D eigenvalue weighted by Crippen LogP contribution is -2.14. The molecule has 0 saturated heterocycles. The first-order chi connectivity index (χ1) is 14.1. The van der Waals surface area contributed by atoms with Crippen molar-refractivity contribution in [3.8, 4) is 11.4 Å². The summed E-state index contributed by atoms with van der Waals surface area (Å²) in [6.07, 6.45) is 1.48. The molecule has 0 atom stereocenters. The largest absolute Gasteiger partial charge is 0.488 e. The van der Waals surface area contributed by atoms with E-state index in [-0.39, 0.29) is 12.5 Å². The zero-order valence-electron chi connectivity index (χ0n) is 15.9. The van der Waals surface area contributed by atoms with Crippen LogP contribution in [0.1, 0.15) is 27.4 Å². The van der Waals surface area contributed by atoms with Crippen LogP contribution in [0.4, 0.5) is 5.69 Å². The molecule has 4 aromatic rings. The maximum atomic E-state index is 12.9. The Balaban J connectivity index is 1.52. The van der Waals surface area contributed by atoms with Crippen molar-refractivity contribution in [1.29, 1.82) is 0 Å². The number of aromatic nitrogens is 5. The van der Waals surface area contributed by atoms with Gasteiger partial charge in [-0.3, -0.25) is 4.79 Å². The van der Waals surface area contributed by atoms with Crippen molar-refractivity contribution in [2.45, 2.75) is 20.5 Å². The van der Waals surface area contributed by atoms with Crippen LogP contribution in [0.15, 0.2) is 59.4 Å². The van der Waals surface area contributed by atoms with Gasteiger partial charge in [-0.15, -0.1) is 5.10 Å². The van der Waals surface area contributed by atoms with Gasteiger partial charge in [-0.1, -0.05) is 23.4 Å². The number of nitrogens with zero attached hydrogens (tertiary/aromatic N) is 5. The summed E-state index contributed by atoms with van der Waals surface area (Å²) in [5.74, 6) is 0.888. The number of carbonyl (C=O) groups is 1. The van der Waals surface area contributed by atoms with Crippen LogP contribution >= 0.6 is 0 Å². The molecule has 0 aliphatic heterocycles. The van der Waals surface area contributed by atoms with Crippen molar-refractivity contribution < 1.29 is 14.1 Å². The lowest BCUT2D eigenvalue weighted by molar-refractivity contribution is 0.102. The van der Waals surface area contributed by atoms with E-state index in [0.717, 1.165) is 16.9 Å². The molecule has 0 spiro atoms. The molecule has 0 unspecified atom stereocenters. The summed E-state index contributed by atoms with van der Waals surface area (Å²) in [5.41, 5.74) is 3.41. The van der Waals surface area contributed by atoms with Crippen molar-refractivity contribution in [2.75, 3.05) is 5.32 Å². The molecule has 2 aromatic carbocycles. The Hall–Kier alpha value is -4.01. The van der Waals surface area contributed by atoms with E-state index in [1.165, 1.54) is 11.0 Å². The summed E-state index contributed by atoms with van der Waals surface area (Å²) in [4.78, 5) is 12.9. The molecule has 2 heterocycles. The van der Waals surface area contributed by atoms with Gasteiger partial charge in [0, 0.05) is 5.69 Å². The Labute approximate surface area is 166 Å². The van der Waals surface area contributed by atoms with Crippen LogP contribution in [-0.4, -0.2) is 31.3 Å². The van der Waals surface area contributed by atoms with Crippen LogP contribution < -0.4 is 10.1 Å². The van der Waals surface area contributed by atoms with Crippen LogP contribution in [0.25, 0.3) is 5.69 Å². The SMILES string of the molecule is Cc1noc(C)c1COc1ccccc1C(=O)Nc1cccc(-n2cnnn2)c1. The summed E-state index contributed by atoms with van der Waals surface area (Å²) < 4.78 is 12.6. The second-order valence-corrected chi connectivity index (χ2v) is 6.35. The van der Waals surface area contributed by atoms with Crippen LogP contribution in [-0.2, 0) is 6.61 Å². The number of hydrogen-bond donors (Lipinski definition) is 1. The van der Waals surface area contributed by atoms with Gasteiger partial charge in [-0.25, -0.2) is 4.68 Å². The third kappa shape index (κ3) is 3.98.